The highest BCUT2D eigenvalue weighted by Crippen LogP contribution is 2.19. The number of aromatic nitrogens is 3. The third-order valence-corrected chi connectivity index (χ3v) is 2.78. The molecule has 1 N–H and O–H groups in total. The molecule has 1 atom stereocenters. The zero-order chi connectivity index (χ0) is 12.3. The number of hydrogen-bond donors (Lipinski definition) is 1. The number of nitrogens with one attached hydrogen (secondary N) is 1. The second kappa shape index (κ2) is 5.13. The summed E-state index contributed by atoms with van der Waals surface area (Å²) in [5, 5.41) is 2.89. The summed E-state index contributed by atoms with van der Waals surface area (Å²) in [6, 6.07) is 0.622. The Morgan fingerprint density at radius 1 is 1.41 bits per heavy atom. The fourth-order valence-electron chi connectivity index (χ4n) is 1.70. The van der Waals surface area contributed by atoms with Gasteiger partial charge < -0.3 is 19.7 Å². The average molecular weight is 239 g/mol. The first-order valence-corrected chi connectivity index (χ1v) is 5.53. The molecule has 0 aromatic carbocycles. The predicted octanol–water partition coefficient (Wildman–Crippen LogP) is 0.147. The van der Waals surface area contributed by atoms with Gasteiger partial charge in [0.25, 0.3) is 0 Å². The molecule has 94 valence electrons. The molecule has 0 spiro atoms. The van der Waals surface area contributed by atoms with Crippen molar-refractivity contribution in [3.63, 3.8) is 0 Å². The van der Waals surface area contributed by atoms with Crippen LogP contribution in [0.3, 0.4) is 0 Å². The van der Waals surface area contributed by atoms with Crippen LogP contribution >= 0.6 is 0 Å². The predicted molar refractivity (Wildman–Crippen MR) is 63.6 cm³/mol. The molecule has 0 radical (unpaired) electrons. The molecule has 2 heterocycles. The molecule has 1 saturated heterocycles. The van der Waals surface area contributed by atoms with E-state index in [2.05, 4.69) is 20.3 Å². The van der Waals surface area contributed by atoms with Crippen molar-refractivity contribution < 1.29 is 9.47 Å². The maximum Gasteiger partial charge on any atom is 0.322 e. The molecule has 2 rings (SSSR count). The number of anilines is 2. The monoisotopic (exact) mass is 239 g/mol. The lowest BCUT2D eigenvalue weighted by Crippen LogP contribution is -2.33. The van der Waals surface area contributed by atoms with E-state index >= 15 is 0 Å². The van der Waals surface area contributed by atoms with Crippen molar-refractivity contribution in [1.82, 2.24) is 15.0 Å². The second-order valence-corrected chi connectivity index (χ2v) is 3.82. The highest BCUT2D eigenvalue weighted by atomic mass is 16.5. The van der Waals surface area contributed by atoms with E-state index in [4.69, 9.17) is 9.47 Å². The van der Waals surface area contributed by atoms with E-state index in [9.17, 15) is 0 Å². The highest BCUT2D eigenvalue weighted by Gasteiger charge is 2.23. The maximum absolute atomic E-state index is 5.35. The van der Waals surface area contributed by atoms with Crippen LogP contribution in [0.15, 0.2) is 0 Å². The summed E-state index contributed by atoms with van der Waals surface area (Å²) in [7, 11) is 5.25. The molecule has 0 bridgehead atoms. The fourth-order valence-corrected chi connectivity index (χ4v) is 1.70. The van der Waals surface area contributed by atoms with E-state index in [1.165, 1.54) is 7.11 Å². The molecule has 0 amide bonds. The van der Waals surface area contributed by atoms with Crippen molar-refractivity contribution in [2.75, 3.05) is 44.6 Å². The van der Waals surface area contributed by atoms with Gasteiger partial charge in [0.2, 0.25) is 11.9 Å². The maximum atomic E-state index is 5.35. The van der Waals surface area contributed by atoms with E-state index in [1.807, 2.05) is 11.9 Å². The number of methoxy groups -OCH3 is 1. The van der Waals surface area contributed by atoms with Crippen molar-refractivity contribution in [3.05, 3.63) is 0 Å². The van der Waals surface area contributed by atoms with Crippen molar-refractivity contribution in [2.45, 2.75) is 12.5 Å². The Labute approximate surface area is 100 Å². The third-order valence-electron chi connectivity index (χ3n) is 2.78. The van der Waals surface area contributed by atoms with Gasteiger partial charge in [-0.05, 0) is 6.42 Å². The van der Waals surface area contributed by atoms with Gasteiger partial charge in [-0.3, -0.25) is 0 Å². The van der Waals surface area contributed by atoms with Crippen LogP contribution in [0.25, 0.3) is 0 Å². The molecule has 17 heavy (non-hydrogen) atoms. The molecule has 1 aromatic heterocycles. The van der Waals surface area contributed by atoms with Gasteiger partial charge in [0.1, 0.15) is 0 Å². The lowest BCUT2D eigenvalue weighted by molar-refractivity contribution is 0.193. The molecule has 7 nitrogen and oxygen atoms in total. The van der Waals surface area contributed by atoms with Crippen molar-refractivity contribution in [2.24, 2.45) is 0 Å². The minimum Gasteiger partial charge on any atom is -0.467 e. The Morgan fingerprint density at radius 2 is 2.24 bits per heavy atom. The van der Waals surface area contributed by atoms with Gasteiger partial charge >= 0.3 is 6.01 Å². The number of rotatable bonds is 4. The van der Waals surface area contributed by atoms with E-state index in [1.54, 1.807) is 7.05 Å². The van der Waals surface area contributed by atoms with Gasteiger partial charge in [0.15, 0.2) is 0 Å². The van der Waals surface area contributed by atoms with Gasteiger partial charge in [-0.15, -0.1) is 0 Å². The number of ether oxygens (including phenoxy) is 2. The summed E-state index contributed by atoms with van der Waals surface area (Å²) >= 11 is 0. The van der Waals surface area contributed by atoms with Gasteiger partial charge in [-0.2, -0.15) is 15.0 Å². The van der Waals surface area contributed by atoms with Crippen molar-refractivity contribution in [3.8, 4) is 6.01 Å². The molecule has 1 aliphatic heterocycles. The quantitative estimate of drug-likeness (QED) is 0.801. The number of hydrogen-bond acceptors (Lipinski definition) is 7. The molecule has 1 fully saturated rings. The molecule has 1 unspecified atom stereocenters. The van der Waals surface area contributed by atoms with Crippen LogP contribution in [0.5, 0.6) is 6.01 Å². The largest absolute Gasteiger partial charge is 0.467 e. The molecule has 0 saturated carbocycles. The summed E-state index contributed by atoms with van der Waals surface area (Å²) < 4.78 is 10.4. The Morgan fingerprint density at radius 3 is 2.82 bits per heavy atom. The van der Waals surface area contributed by atoms with Crippen LogP contribution in [0.4, 0.5) is 11.9 Å². The van der Waals surface area contributed by atoms with Crippen LogP contribution in [-0.2, 0) is 4.74 Å². The zero-order valence-corrected chi connectivity index (χ0v) is 10.3. The molecule has 0 aliphatic carbocycles. The molecular weight excluding hydrogens is 222 g/mol. The van der Waals surface area contributed by atoms with Crippen molar-refractivity contribution in [1.29, 1.82) is 0 Å². The summed E-state index contributed by atoms with van der Waals surface area (Å²) in [5.41, 5.74) is 0. The minimum absolute atomic E-state index is 0.310. The van der Waals surface area contributed by atoms with Gasteiger partial charge in [-0.1, -0.05) is 0 Å². The topological polar surface area (TPSA) is 72.4 Å². The Kier molecular flexibility index (Phi) is 3.58. The Bertz CT molecular complexity index is 359. The number of nitrogens with zero attached hydrogens (tertiary/aromatic N) is 4. The van der Waals surface area contributed by atoms with Crippen LogP contribution < -0.4 is 15.0 Å². The summed E-state index contributed by atoms with van der Waals surface area (Å²) in [6.07, 6.45) is 0.986. The van der Waals surface area contributed by atoms with Crippen LogP contribution in [0.1, 0.15) is 6.42 Å². The molecular formula is C10H17N5O2. The van der Waals surface area contributed by atoms with Gasteiger partial charge in [-0.25, -0.2) is 0 Å². The van der Waals surface area contributed by atoms with Crippen LogP contribution in [0, 0.1) is 0 Å². The first-order valence-electron chi connectivity index (χ1n) is 5.53. The lowest BCUT2D eigenvalue weighted by atomic mass is 10.2. The third kappa shape index (κ3) is 2.55. The first-order chi connectivity index (χ1) is 8.24. The lowest BCUT2D eigenvalue weighted by Gasteiger charge is -2.23. The number of likely N-dealkylation sites (N-methyl/N-ethyl adjacent to an activating group) is 1. The standard InChI is InChI=1S/C10H17N5O2/c1-11-8-12-9(14-10(13-8)16-3)15(2)7-4-5-17-6-7/h7H,4-6H2,1-3H3,(H,11,12,13,14). The summed E-state index contributed by atoms with van der Waals surface area (Å²) in [4.78, 5) is 14.6. The molecule has 1 aromatic rings. The molecule has 1 aliphatic rings. The Hall–Kier alpha value is -1.63. The van der Waals surface area contributed by atoms with Gasteiger partial charge in [0, 0.05) is 20.7 Å². The van der Waals surface area contributed by atoms with E-state index in [0.29, 0.717) is 30.6 Å². The van der Waals surface area contributed by atoms with Crippen LogP contribution in [0.2, 0.25) is 0 Å². The normalized spacial score (nSPS) is 19.1. The summed E-state index contributed by atoms with van der Waals surface area (Å²) in [6.45, 7) is 1.50. The minimum atomic E-state index is 0.310. The van der Waals surface area contributed by atoms with E-state index in [0.717, 1.165) is 13.0 Å². The smallest absolute Gasteiger partial charge is 0.322 e. The fraction of sp³-hybridized carbons (Fsp3) is 0.700. The van der Waals surface area contributed by atoms with Crippen molar-refractivity contribution >= 4 is 11.9 Å². The second-order valence-electron chi connectivity index (χ2n) is 3.82. The SMILES string of the molecule is CNc1nc(OC)nc(N(C)C2CCOC2)n1. The molecule has 7 heteroatoms. The highest BCUT2D eigenvalue weighted by molar-refractivity contribution is 5.38. The Balaban J connectivity index is 2.23. The van der Waals surface area contributed by atoms with Gasteiger partial charge in [0.05, 0.1) is 19.8 Å². The first kappa shape index (κ1) is 11.8. The van der Waals surface area contributed by atoms with E-state index in [-0.39, 0.29) is 0 Å². The zero-order valence-electron chi connectivity index (χ0n) is 10.3. The van der Waals surface area contributed by atoms with Crippen LogP contribution in [-0.4, -0.2) is 55.4 Å². The van der Waals surface area contributed by atoms with E-state index < -0.39 is 0 Å². The average Bonchev–Trinajstić information content (AvgIpc) is 2.91. The summed E-state index contributed by atoms with van der Waals surface area (Å²) in [5.74, 6) is 1.09.